The van der Waals surface area contributed by atoms with Gasteiger partial charge in [-0.15, -0.1) is 0 Å². The summed E-state index contributed by atoms with van der Waals surface area (Å²) in [5, 5.41) is 9.06. The lowest BCUT2D eigenvalue weighted by atomic mass is 10.00. The normalized spacial score (nSPS) is 29.3. The smallest absolute Gasteiger partial charge is 0.320 e. The number of ether oxygens (including phenoxy) is 1. The molecule has 0 amide bonds. The highest BCUT2D eigenvalue weighted by Gasteiger charge is 2.35. The molecule has 1 aliphatic rings. The van der Waals surface area contributed by atoms with Gasteiger partial charge in [0.2, 0.25) is 0 Å². The first-order valence-electron chi connectivity index (χ1n) is 5.55. The number of rotatable bonds is 5. The lowest BCUT2D eigenvalue weighted by Crippen LogP contribution is -2.39. The second-order valence-electron chi connectivity index (χ2n) is 4.41. The Bertz CT molecular complexity index is 220. The van der Waals surface area contributed by atoms with E-state index >= 15 is 0 Å². The number of aliphatic carboxylic acids is 1. The maximum absolute atomic E-state index is 11.0. The molecule has 0 aromatic heterocycles. The van der Waals surface area contributed by atoms with Crippen LogP contribution in [-0.4, -0.2) is 48.8 Å². The molecule has 15 heavy (non-hydrogen) atoms. The van der Waals surface area contributed by atoms with E-state index in [0.29, 0.717) is 18.3 Å². The van der Waals surface area contributed by atoms with Gasteiger partial charge in [-0.3, -0.25) is 9.69 Å². The summed E-state index contributed by atoms with van der Waals surface area (Å²) in [7, 11) is 1.70. The van der Waals surface area contributed by atoms with Crippen molar-refractivity contribution < 1.29 is 14.6 Å². The van der Waals surface area contributed by atoms with Crippen molar-refractivity contribution in [3.05, 3.63) is 0 Å². The van der Waals surface area contributed by atoms with E-state index < -0.39 is 5.97 Å². The summed E-state index contributed by atoms with van der Waals surface area (Å²) < 4.78 is 5.14. The minimum absolute atomic E-state index is 0.325. The predicted molar refractivity (Wildman–Crippen MR) is 57.8 cm³/mol. The fourth-order valence-corrected chi connectivity index (χ4v) is 2.35. The zero-order chi connectivity index (χ0) is 11.4. The molecule has 1 heterocycles. The van der Waals surface area contributed by atoms with Crippen molar-refractivity contribution in [1.82, 2.24) is 4.90 Å². The van der Waals surface area contributed by atoms with Gasteiger partial charge in [0.15, 0.2) is 0 Å². The van der Waals surface area contributed by atoms with E-state index in [1.807, 2.05) is 6.92 Å². The van der Waals surface area contributed by atoms with Crippen LogP contribution in [0, 0.1) is 11.8 Å². The van der Waals surface area contributed by atoms with Gasteiger partial charge in [-0.1, -0.05) is 13.8 Å². The van der Waals surface area contributed by atoms with Crippen molar-refractivity contribution in [2.75, 3.05) is 26.8 Å². The van der Waals surface area contributed by atoms with Crippen LogP contribution in [0.1, 0.15) is 20.3 Å². The minimum Gasteiger partial charge on any atom is -0.480 e. The monoisotopic (exact) mass is 215 g/mol. The summed E-state index contributed by atoms with van der Waals surface area (Å²) in [6, 6.07) is -0.325. The molecule has 1 fully saturated rings. The standard InChI is InChI=1S/C11H21NO3/c1-4-10(11(13)14)12-5-8(2)9(6-12)7-15-3/h8-10H,4-7H2,1-3H3,(H,13,14)/t8-,9-,10+/m0/s1. The van der Waals surface area contributed by atoms with E-state index in [4.69, 9.17) is 9.84 Å². The molecule has 0 aliphatic carbocycles. The lowest BCUT2D eigenvalue weighted by molar-refractivity contribution is -0.143. The molecule has 0 aromatic carbocycles. The Morgan fingerprint density at radius 3 is 2.73 bits per heavy atom. The number of hydrogen-bond acceptors (Lipinski definition) is 3. The van der Waals surface area contributed by atoms with Crippen LogP contribution in [0.2, 0.25) is 0 Å². The summed E-state index contributed by atoms with van der Waals surface area (Å²) in [5.41, 5.74) is 0. The molecule has 0 spiro atoms. The summed E-state index contributed by atoms with van der Waals surface area (Å²) in [6.07, 6.45) is 0.668. The van der Waals surface area contributed by atoms with Crippen molar-refractivity contribution in [1.29, 1.82) is 0 Å². The fraction of sp³-hybridized carbons (Fsp3) is 0.909. The average Bonchev–Trinajstić information content (AvgIpc) is 2.49. The molecule has 1 N–H and O–H groups in total. The van der Waals surface area contributed by atoms with Gasteiger partial charge >= 0.3 is 5.97 Å². The van der Waals surface area contributed by atoms with Gasteiger partial charge in [-0.05, 0) is 18.3 Å². The molecular weight excluding hydrogens is 194 g/mol. The minimum atomic E-state index is -0.706. The molecule has 3 atom stereocenters. The first-order chi connectivity index (χ1) is 7.10. The Labute approximate surface area is 91.2 Å². The third-order valence-electron chi connectivity index (χ3n) is 3.29. The first kappa shape index (κ1) is 12.5. The number of methoxy groups -OCH3 is 1. The highest BCUT2D eigenvalue weighted by Crippen LogP contribution is 2.25. The highest BCUT2D eigenvalue weighted by molar-refractivity contribution is 5.73. The van der Waals surface area contributed by atoms with Gasteiger partial charge < -0.3 is 9.84 Å². The highest BCUT2D eigenvalue weighted by atomic mass is 16.5. The van der Waals surface area contributed by atoms with Crippen molar-refractivity contribution in [2.24, 2.45) is 11.8 Å². The lowest BCUT2D eigenvalue weighted by Gasteiger charge is -2.22. The Kier molecular flexibility index (Phi) is 4.54. The number of carboxylic acids is 1. The molecule has 4 nitrogen and oxygen atoms in total. The molecule has 0 unspecified atom stereocenters. The van der Waals surface area contributed by atoms with Gasteiger partial charge in [0.25, 0.3) is 0 Å². The largest absolute Gasteiger partial charge is 0.480 e. The van der Waals surface area contributed by atoms with E-state index in [1.165, 1.54) is 0 Å². The quantitative estimate of drug-likeness (QED) is 0.745. The summed E-state index contributed by atoms with van der Waals surface area (Å²) in [6.45, 7) is 6.54. The van der Waals surface area contributed by atoms with Crippen LogP contribution in [0.5, 0.6) is 0 Å². The third-order valence-corrected chi connectivity index (χ3v) is 3.29. The maximum Gasteiger partial charge on any atom is 0.320 e. The number of likely N-dealkylation sites (tertiary alicyclic amines) is 1. The van der Waals surface area contributed by atoms with E-state index in [1.54, 1.807) is 7.11 Å². The van der Waals surface area contributed by atoms with Crippen LogP contribution in [0.25, 0.3) is 0 Å². The number of carboxylic acid groups (broad SMARTS) is 1. The summed E-state index contributed by atoms with van der Waals surface area (Å²) >= 11 is 0. The Balaban J connectivity index is 2.55. The Morgan fingerprint density at radius 2 is 2.27 bits per heavy atom. The molecule has 1 saturated heterocycles. The van der Waals surface area contributed by atoms with Crippen LogP contribution < -0.4 is 0 Å². The van der Waals surface area contributed by atoms with Crippen LogP contribution >= 0.6 is 0 Å². The molecule has 1 rings (SSSR count). The van der Waals surface area contributed by atoms with Crippen LogP contribution in [0.4, 0.5) is 0 Å². The zero-order valence-corrected chi connectivity index (χ0v) is 9.77. The SMILES string of the molecule is CC[C@H](C(=O)O)N1C[C@@H](COC)[C@@H](C)C1. The third kappa shape index (κ3) is 2.92. The fourth-order valence-electron chi connectivity index (χ4n) is 2.35. The zero-order valence-electron chi connectivity index (χ0n) is 9.77. The first-order valence-corrected chi connectivity index (χ1v) is 5.55. The maximum atomic E-state index is 11.0. The molecule has 0 saturated carbocycles. The van der Waals surface area contributed by atoms with Crippen LogP contribution in [0.3, 0.4) is 0 Å². The van der Waals surface area contributed by atoms with Crippen molar-refractivity contribution >= 4 is 5.97 Å². The second kappa shape index (κ2) is 5.47. The van der Waals surface area contributed by atoms with Crippen molar-refractivity contribution in [3.8, 4) is 0 Å². The van der Waals surface area contributed by atoms with Crippen LogP contribution in [-0.2, 0) is 9.53 Å². The number of carbonyl (C=O) groups is 1. The number of nitrogens with zero attached hydrogens (tertiary/aromatic N) is 1. The molecule has 0 bridgehead atoms. The predicted octanol–water partition coefficient (Wildman–Crippen LogP) is 1.06. The Hall–Kier alpha value is -0.610. The molecule has 88 valence electrons. The summed E-state index contributed by atoms with van der Waals surface area (Å²) in [4.78, 5) is 13.1. The van der Waals surface area contributed by atoms with Gasteiger partial charge in [-0.2, -0.15) is 0 Å². The van der Waals surface area contributed by atoms with Crippen molar-refractivity contribution in [3.63, 3.8) is 0 Å². The Morgan fingerprint density at radius 1 is 1.60 bits per heavy atom. The summed E-state index contributed by atoms with van der Waals surface area (Å²) in [5.74, 6) is 0.296. The molecule has 4 heteroatoms. The van der Waals surface area contributed by atoms with E-state index in [9.17, 15) is 4.79 Å². The number of hydrogen-bond donors (Lipinski definition) is 1. The van der Waals surface area contributed by atoms with Crippen molar-refractivity contribution in [2.45, 2.75) is 26.3 Å². The average molecular weight is 215 g/mol. The van der Waals surface area contributed by atoms with Gasteiger partial charge in [0.05, 0.1) is 6.61 Å². The molecule has 1 aliphatic heterocycles. The molecule has 0 radical (unpaired) electrons. The molecule has 0 aromatic rings. The van der Waals surface area contributed by atoms with E-state index in [-0.39, 0.29) is 6.04 Å². The van der Waals surface area contributed by atoms with Gasteiger partial charge in [-0.25, -0.2) is 0 Å². The van der Waals surface area contributed by atoms with Gasteiger partial charge in [0.1, 0.15) is 6.04 Å². The molecular formula is C11H21NO3. The second-order valence-corrected chi connectivity index (χ2v) is 4.41. The van der Waals surface area contributed by atoms with E-state index in [0.717, 1.165) is 19.7 Å². The van der Waals surface area contributed by atoms with E-state index in [2.05, 4.69) is 11.8 Å². The van der Waals surface area contributed by atoms with Gasteiger partial charge in [0, 0.05) is 20.2 Å². The topological polar surface area (TPSA) is 49.8 Å². The van der Waals surface area contributed by atoms with Crippen LogP contribution in [0.15, 0.2) is 0 Å².